The Morgan fingerprint density at radius 1 is 1.40 bits per heavy atom. The van der Waals surface area contributed by atoms with E-state index in [4.69, 9.17) is 5.73 Å². The molecule has 0 unspecified atom stereocenters. The van der Waals surface area contributed by atoms with Crippen LogP contribution in [0.3, 0.4) is 0 Å². The van der Waals surface area contributed by atoms with Crippen molar-refractivity contribution < 1.29 is 0 Å². The van der Waals surface area contributed by atoms with Gasteiger partial charge in [0.1, 0.15) is 5.52 Å². The zero-order valence-corrected chi connectivity index (χ0v) is 4.97. The molecule has 10 heavy (non-hydrogen) atoms. The van der Waals surface area contributed by atoms with E-state index in [0.717, 1.165) is 0 Å². The van der Waals surface area contributed by atoms with Crippen LogP contribution in [-0.4, -0.2) is 25.3 Å². The molecule has 0 fully saturated rings. The van der Waals surface area contributed by atoms with Gasteiger partial charge in [-0.15, -0.1) is 14.8 Å². The van der Waals surface area contributed by atoms with Gasteiger partial charge in [-0.1, -0.05) is 0 Å². The molecule has 2 heterocycles. The van der Waals surface area contributed by atoms with E-state index in [1.807, 2.05) is 0 Å². The van der Waals surface area contributed by atoms with E-state index >= 15 is 0 Å². The van der Waals surface area contributed by atoms with Crippen molar-refractivity contribution in [3.8, 4) is 0 Å². The third-order valence-electron chi connectivity index (χ3n) is 1.15. The summed E-state index contributed by atoms with van der Waals surface area (Å²) < 4.78 is 1.27. The van der Waals surface area contributed by atoms with Gasteiger partial charge in [0.15, 0.2) is 5.82 Å². The zero-order chi connectivity index (χ0) is 6.97. The number of nitrogens with zero attached hydrogens (tertiary/aromatic N) is 5. The van der Waals surface area contributed by atoms with Crippen molar-refractivity contribution in [3.63, 3.8) is 0 Å². The van der Waals surface area contributed by atoms with Gasteiger partial charge in [0.05, 0.1) is 6.20 Å². The minimum atomic E-state index is 0.370. The Kier molecular flexibility index (Phi) is 0.830. The minimum Gasteiger partial charge on any atom is -0.380 e. The van der Waals surface area contributed by atoms with Crippen LogP contribution in [0.2, 0.25) is 0 Å². The van der Waals surface area contributed by atoms with Gasteiger partial charge in [0.2, 0.25) is 0 Å². The number of aromatic nitrogens is 5. The molecule has 2 rings (SSSR count). The molecule has 50 valence electrons. The molecule has 2 aromatic heterocycles. The van der Waals surface area contributed by atoms with E-state index in [2.05, 4.69) is 20.6 Å². The maximum Gasteiger partial charge on any atom is 0.175 e. The van der Waals surface area contributed by atoms with Gasteiger partial charge in [-0.2, -0.15) is 0 Å². The fourth-order valence-electron chi connectivity index (χ4n) is 0.693. The minimum absolute atomic E-state index is 0.370. The third kappa shape index (κ3) is 0.524. The summed E-state index contributed by atoms with van der Waals surface area (Å²) in [5.41, 5.74) is 6.09. The molecule has 0 aliphatic rings. The van der Waals surface area contributed by atoms with Crippen LogP contribution in [0.5, 0.6) is 0 Å². The van der Waals surface area contributed by atoms with Gasteiger partial charge in [0.25, 0.3) is 0 Å². The molecule has 0 atom stereocenters. The van der Waals surface area contributed by atoms with Crippen molar-refractivity contribution in [3.05, 3.63) is 12.3 Å². The van der Waals surface area contributed by atoms with Crippen LogP contribution in [0, 0.1) is 0 Å². The fourth-order valence-corrected chi connectivity index (χ4v) is 0.693. The summed E-state index contributed by atoms with van der Waals surface area (Å²) in [5, 5.41) is 14.4. The lowest BCUT2D eigenvalue weighted by atomic mass is 10.5. The molecule has 0 saturated carbocycles. The average molecular weight is 136 g/mol. The Morgan fingerprint density at radius 3 is 3.10 bits per heavy atom. The lowest BCUT2D eigenvalue weighted by Crippen LogP contribution is -1.95. The van der Waals surface area contributed by atoms with E-state index in [9.17, 15) is 0 Å². The zero-order valence-electron chi connectivity index (χ0n) is 4.97. The molecule has 0 amide bonds. The molecule has 2 N–H and O–H groups in total. The summed E-state index contributed by atoms with van der Waals surface area (Å²) in [4.78, 5) is 0. The predicted molar refractivity (Wildman–Crippen MR) is 33.0 cm³/mol. The van der Waals surface area contributed by atoms with E-state index in [0.29, 0.717) is 11.3 Å². The maximum atomic E-state index is 5.41. The second kappa shape index (κ2) is 1.63. The summed E-state index contributed by atoms with van der Waals surface area (Å²) in [6, 6.07) is 1.70. The van der Waals surface area contributed by atoms with Gasteiger partial charge in [0, 0.05) is 0 Å². The number of nitrogens with two attached hydrogens (primary N) is 1. The van der Waals surface area contributed by atoms with Gasteiger partial charge in [-0.05, 0) is 16.5 Å². The Balaban J connectivity index is 2.93. The molecule has 6 heteroatoms. The molecular weight excluding hydrogens is 132 g/mol. The second-order valence-electron chi connectivity index (χ2n) is 1.77. The first-order chi connectivity index (χ1) is 4.88. The first-order valence-electron chi connectivity index (χ1n) is 2.67. The molecule has 0 saturated heterocycles. The normalized spacial score (nSPS) is 10.4. The van der Waals surface area contributed by atoms with Crippen molar-refractivity contribution in [1.29, 1.82) is 0 Å². The second-order valence-corrected chi connectivity index (χ2v) is 1.77. The number of nitrogen functional groups attached to an aromatic ring is 1. The Hall–Kier alpha value is -1.72. The van der Waals surface area contributed by atoms with Gasteiger partial charge < -0.3 is 5.73 Å². The molecule has 0 spiro atoms. The highest BCUT2D eigenvalue weighted by atomic mass is 15.6. The molecule has 0 radical (unpaired) electrons. The summed E-state index contributed by atoms with van der Waals surface area (Å²) in [6.45, 7) is 0. The number of hydrogen-bond acceptors (Lipinski definition) is 5. The standard InChI is InChI=1S/C4H4N6/c5-4-3-1-2-6-8-10(3)9-7-4/h1-2H,5H2. The molecule has 0 aliphatic heterocycles. The highest BCUT2D eigenvalue weighted by Crippen LogP contribution is 2.03. The molecule has 0 aliphatic carbocycles. The van der Waals surface area contributed by atoms with Crippen molar-refractivity contribution in [1.82, 2.24) is 25.3 Å². The number of fused-ring (bicyclic) bond motifs is 1. The van der Waals surface area contributed by atoms with Crippen LogP contribution in [0.1, 0.15) is 0 Å². The van der Waals surface area contributed by atoms with Crippen molar-refractivity contribution in [2.45, 2.75) is 0 Å². The maximum absolute atomic E-state index is 5.41. The van der Waals surface area contributed by atoms with E-state index in [1.54, 1.807) is 6.07 Å². The van der Waals surface area contributed by atoms with Crippen LogP contribution < -0.4 is 5.73 Å². The van der Waals surface area contributed by atoms with Crippen molar-refractivity contribution >= 4 is 11.3 Å². The summed E-state index contributed by atoms with van der Waals surface area (Å²) in [7, 11) is 0. The summed E-state index contributed by atoms with van der Waals surface area (Å²) >= 11 is 0. The first kappa shape index (κ1) is 5.10. The third-order valence-corrected chi connectivity index (χ3v) is 1.15. The summed E-state index contributed by atoms with van der Waals surface area (Å²) in [6.07, 6.45) is 1.54. The smallest absolute Gasteiger partial charge is 0.175 e. The Morgan fingerprint density at radius 2 is 2.30 bits per heavy atom. The largest absolute Gasteiger partial charge is 0.380 e. The van der Waals surface area contributed by atoms with Gasteiger partial charge in [-0.3, -0.25) is 0 Å². The van der Waals surface area contributed by atoms with Crippen LogP contribution in [0.25, 0.3) is 5.52 Å². The SMILES string of the molecule is Nc1nnn2nnccc12. The quantitative estimate of drug-likeness (QED) is 0.507. The number of hydrogen-bond donors (Lipinski definition) is 1. The van der Waals surface area contributed by atoms with E-state index < -0.39 is 0 Å². The lowest BCUT2D eigenvalue weighted by molar-refractivity contribution is 0.683. The molecular formula is C4H4N6. The van der Waals surface area contributed by atoms with Crippen molar-refractivity contribution in [2.75, 3.05) is 5.73 Å². The fraction of sp³-hybridized carbons (Fsp3) is 0. The number of anilines is 1. The first-order valence-corrected chi connectivity index (χ1v) is 2.67. The molecule has 6 nitrogen and oxygen atoms in total. The molecule has 0 bridgehead atoms. The lowest BCUT2D eigenvalue weighted by Gasteiger charge is -1.84. The Labute approximate surface area is 55.6 Å². The van der Waals surface area contributed by atoms with Crippen LogP contribution in [0.4, 0.5) is 5.82 Å². The van der Waals surface area contributed by atoms with E-state index in [-0.39, 0.29) is 0 Å². The number of rotatable bonds is 0. The van der Waals surface area contributed by atoms with Crippen LogP contribution in [-0.2, 0) is 0 Å². The van der Waals surface area contributed by atoms with E-state index in [1.165, 1.54) is 10.8 Å². The molecule has 2 aromatic rings. The monoisotopic (exact) mass is 136 g/mol. The topological polar surface area (TPSA) is 82.0 Å². The van der Waals surface area contributed by atoms with Crippen LogP contribution >= 0.6 is 0 Å². The molecule has 0 aromatic carbocycles. The predicted octanol–water partition coefficient (Wildman–Crippen LogP) is -0.899. The van der Waals surface area contributed by atoms with Crippen molar-refractivity contribution in [2.24, 2.45) is 0 Å². The van der Waals surface area contributed by atoms with Gasteiger partial charge >= 0.3 is 0 Å². The van der Waals surface area contributed by atoms with Crippen LogP contribution in [0.15, 0.2) is 12.3 Å². The highest BCUT2D eigenvalue weighted by Gasteiger charge is 1.99. The highest BCUT2D eigenvalue weighted by molar-refractivity contribution is 5.62. The average Bonchev–Trinajstić information content (AvgIpc) is 2.34. The van der Waals surface area contributed by atoms with Gasteiger partial charge in [-0.25, -0.2) is 0 Å². The Bertz CT molecular complexity index is 351. The summed E-state index contributed by atoms with van der Waals surface area (Å²) in [5.74, 6) is 0.370.